The molecule has 13 heavy (non-hydrogen) atoms. The van der Waals surface area contributed by atoms with Gasteiger partial charge >= 0.3 is 0 Å². The fourth-order valence-electron chi connectivity index (χ4n) is 1.21. The molecule has 0 spiro atoms. The van der Waals surface area contributed by atoms with Crippen molar-refractivity contribution in [3.63, 3.8) is 0 Å². The van der Waals surface area contributed by atoms with Crippen molar-refractivity contribution < 1.29 is 0 Å². The third kappa shape index (κ3) is 1.33. The molecule has 68 valence electrons. The Bertz CT molecular complexity index is 428. The molecule has 0 saturated carbocycles. The molecule has 2 rings (SSSR count). The molecular weight excluding hydrogens is 182 g/mol. The summed E-state index contributed by atoms with van der Waals surface area (Å²) in [4.78, 5) is 1.19. The summed E-state index contributed by atoms with van der Waals surface area (Å²) in [7, 11) is 0. The van der Waals surface area contributed by atoms with E-state index in [1.807, 2.05) is 6.92 Å². The van der Waals surface area contributed by atoms with Gasteiger partial charge in [-0.05, 0) is 30.9 Å². The van der Waals surface area contributed by atoms with Gasteiger partial charge in [0.05, 0.1) is 10.6 Å². The molecule has 2 heterocycles. The summed E-state index contributed by atoms with van der Waals surface area (Å²) in [6.07, 6.45) is 0. The summed E-state index contributed by atoms with van der Waals surface area (Å²) in [6.45, 7) is 4.05. The number of nitrogens with zero attached hydrogens (tertiary/aromatic N) is 1. The van der Waals surface area contributed by atoms with Crippen LogP contribution >= 0.6 is 11.3 Å². The number of nitrogens with one attached hydrogen (secondary N) is 1. The Labute approximate surface area is 80.6 Å². The largest absolute Gasteiger partial charge is 0.382 e. The van der Waals surface area contributed by atoms with Crippen LogP contribution in [0.2, 0.25) is 0 Å². The van der Waals surface area contributed by atoms with Gasteiger partial charge in [-0.3, -0.25) is 5.10 Å². The molecule has 0 aliphatic rings. The molecule has 4 heteroatoms. The minimum absolute atomic E-state index is 0.584. The zero-order valence-electron chi connectivity index (χ0n) is 7.59. The van der Waals surface area contributed by atoms with E-state index in [0.717, 1.165) is 11.3 Å². The molecule has 0 aliphatic heterocycles. The van der Waals surface area contributed by atoms with Crippen LogP contribution in [0.4, 0.5) is 5.82 Å². The van der Waals surface area contributed by atoms with Crippen LogP contribution in [0, 0.1) is 13.8 Å². The number of rotatable bonds is 1. The number of hydrogen-bond acceptors (Lipinski definition) is 3. The van der Waals surface area contributed by atoms with E-state index in [9.17, 15) is 0 Å². The molecule has 0 amide bonds. The zero-order chi connectivity index (χ0) is 9.42. The molecule has 0 bridgehead atoms. The molecule has 3 nitrogen and oxygen atoms in total. The van der Waals surface area contributed by atoms with Gasteiger partial charge in [0.15, 0.2) is 0 Å². The number of anilines is 1. The highest BCUT2D eigenvalue weighted by atomic mass is 32.1. The quantitative estimate of drug-likeness (QED) is 0.730. The van der Waals surface area contributed by atoms with Crippen LogP contribution in [0.25, 0.3) is 10.6 Å². The maximum atomic E-state index is 5.65. The van der Waals surface area contributed by atoms with Crippen molar-refractivity contribution >= 4 is 17.2 Å². The fourth-order valence-corrected chi connectivity index (χ4v) is 2.17. The van der Waals surface area contributed by atoms with Crippen LogP contribution in [0.1, 0.15) is 11.1 Å². The summed E-state index contributed by atoms with van der Waals surface area (Å²) >= 11 is 1.70. The summed E-state index contributed by atoms with van der Waals surface area (Å²) in [5.74, 6) is 0.584. The van der Waals surface area contributed by atoms with E-state index >= 15 is 0 Å². The Morgan fingerprint density at radius 1 is 1.46 bits per heavy atom. The number of H-pyrrole nitrogens is 1. The summed E-state index contributed by atoms with van der Waals surface area (Å²) in [5, 5.41) is 9.02. The Kier molecular flexibility index (Phi) is 1.84. The first-order chi connectivity index (χ1) is 6.18. The molecule has 2 aromatic heterocycles. The van der Waals surface area contributed by atoms with Gasteiger partial charge in [0, 0.05) is 5.56 Å². The van der Waals surface area contributed by atoms with Gasteiger partial charge in [0.1, 0.15) is 5.82 Å². The third-order valence-electron chi connectivity index (χ3n) is 2.02. The van der Waals surface area contributed by atoms with Crippen molar-refractivity contribution in [2.45, 2.75) is 13.8 Å². The fraction of sp³-hybridized carbons (Fsp3) is 0.222. The van der Waals surface area contributed by atoms with Crippen LogP contribution in [0.3, 0.4) is 0 Å². The van der Waals surface area contributed by atoms with Gasteiger partial charge in [0.25, 0.3) is 0 Å². The van der Waals surface area contributed by atoms with Gasteiger partial charge in [-0.25, -0.2) is 0 Å². The zero-order valence-corrected chi connectivity index (χ0v) is 8.40. The molecule has 2 aromatic rings. The predicted molar refractivity (Wildman–Crippen MR) is 55.8 cm³/mol. The Morgan fingerprint density at radius 3 is 2.69 bits per heavy atom. The van der Waals surface area contributed by atoms with E-state index in [1.165, 1.54) is 10.4 Å². The van der Waals surface area contributed by atoms with Crippen LogP contribution in [-0.2, 0) is 0 Å². The minimum atomic E-state index is 0.584. The summed E-state index contributed by atoms with van der Waals surface area (Å²) < 4.78 is 0. The van der Waals surface area contributed by atoms with E-state index in [1.54, 1.807) is 11.3 Å². The molecular formula is C9H11N3S. The SMILES string of the molecule is Cc1csc(-c2[nH]nc(N)c2C)c1. The van der Waals surface area contributed by atoms with Crippen molar-refractivity contribution in [2.75, 3.05) is 5.73 Å². The molecule has 0 fully saturated rings. The second-order valence-corrected chi connectivity index (χ2v) is 4.01. The van der Waals surface area contributed by atoms with Crippen molar-refractivity contribution in [2.24, 2.45) is 0 Å². The van der Waals surface area contributed by atoms with E-state index < -0.39 is 0 Å². The Morgan fingerprint density at radius 2 is 2.23 bits per heavy atom. The smallest absolute Gasteiger partial charge is 0.148 e. The van der Waals surface area contributed by atoms with Crippen molar-refractivity contribution in [3.05, 3.63) is 22.6 Å². The summed E-state index contributed by atoms with van der Waals surface area (Å²) in [6, 6.07) is 2.13. The van der Waals surface area contributed by atoms with Crippen molar-refractivity contribution in [1.29, 1.82) is 0 Å². The van der Waals surface area contributed by atoms with E-state index in [4.69, 9.17) is 5.73 Å². The highest BCUT2D eigenvalue weighted by Crippen LogP contribution is 2.29. The van der Waals surface area contributed by atoms with Crippen LogP contribution < -0.4 is 5.73 Å². The van der Waals surface area contributed by atoms with E-state index in [0.29, 0.717) is 5.82 Å². The lowest BCUT2D eigenvalue weighted by atomic mass is 10.2. The first kappa shape index (κ1) is 8.31. The van der Waals surface area contributed by atoms with E-state index in [2.05, 4.69) is 28.6 Å². The minimum Gasteiger partial charge on any atom is -0.382 e. The van der Waals surface area contributed by atoms with Crippen molar-refractivity contribution in [1.82, 2.24) is 10.2 Å². The standard InChI is InChI=1S/C9H11N3S/c1-5-3-7(13-4-5)8-6(2)9(10)12-11-8/h3-4H,1-2H3,(H3,10,11,12). The average Bonchev–Trinajstić information content (AvgIpc) is 2.62. The van der Waals surface area contributed by atoms with Crippen LogP contribution in [0.5, 0.6) is 0 Å². The van der Waals surface area contributed by atoms with Gasteiger partial charge in [0.2, 0.25) is 0 Å². The summed E-state index contributed by atoms with van der Waals surface area (Å²) in [5.41, 5.74) is 8.99. The molecule has 0 saturated heterocycles. The molecule has 0 radical (unpaired) electrons. The van der Waals surface area contributed by atoms with Crippen LogP contribution in [-0.4, -0.2) is 10.2 Å². The number of nitrogen functional groups attached to an aromatic ring is 1. The Hall–Kier alpha value is -1.29. The second-order valence-electron chi connectivity index (χ2n) is 3.10. The first-order valence-electron chi connectivity index (χ1n) is 4.04. The lowest BCUT2D eigenvalue weighted by Crippen LogP contribution is -1.85. The monoisotopic (exact) mass is 193 g/mol. The molecule has 0 unspecified atom stereocenters. The number of thiophene rings is 1. The van der Waals surface area contributed by atoms with Gasteiger partial charge in [-0.1, -0.05) is 0 Å². The lowest BCUT2D eigenvalue weighted by molar-refractivity contribution is 1.11. The average molecular weight is 193 g/mol. The number of nitrogens with two attached hydrogens (primary N) is 1. The number of aromatic nitrogens is 2. The topological polar surface area (TPSA) is 54.7 Å². The molecule has 0 aliphatic carbocycles. The number of hydrogen-bond donors (Lipinski definition) is 2. The highest BCUT2D eigenvalue weighted by molar-refractivity contribution is 7.13. The van der Waals surface area contributed by atoms with Gasteiger partial charge < -0.3 is 5.73 Å². The Balaban J connectivity index is 2.52. The lowest BCUT2D eigenvalue weighted by Gasteiger charge is -1.92. The van der Waals surface area contributed by atoms with Crippen molar-refractivity contribution in [3.8, 4) is 10.6 Å². The van der Waals surface area contributed by atoms with Gasteiger partial charge in [-0.2, -0.15) is 5.10 Å². The second kappa shape index (κ2) is 2.88. The normalized spacial score (nSPS) is 10.6. The molecule has 3 N–H and O–H groups in total. The maximum Gasteiger partial charge on any atom is 0.148 e. The highest BCUT2D eigenvalue weighted by Gasteiger charge is 2.09. The van der Waals surface area contributed by atoms with Gasteiger partial charge in [-0.15, -0.1) is 11.3 Å². The number of aryl methyl sites for hydroxylation is 1. The molecule has 0 atom stereocenters. The van der Waals surface area contributed by atoms with Crippen LogP contribution in [0.15, 0.2) is 11.4 Å². The van der Waals surface area contributed by atoms with E-state index in [-0.39, 0.29) is 0 Å². The predicted octanol–water partition coefficient (Wildman–Crippen LogP) is 2.34. The third-order valence-corrected chi connectivity index (χ3v) is 3.09. The maximum absolute atomic E-state index is 5.65. The molecule has 0 aromatic carbocycles. The first-order valence-corrected chi connectivity index (χ1v) is 4.92. The number of aromatic amines is 1.